The summed E-state index contributed by atoms with van der Waals surface area (Å²) in [6, 6.07) is 5.01. The Morgan fingerprint density at radius 3 is 2.65 bits per heavy atom. The average Bonchev–Trinajstić information content (AvgIpc) is 2.47. The monoisotopic (exact) mass is 275 g/mol. The Labute approximate surface area is 118 Å². The van der Waals surface area contributed by atoms with E-state index >= 15 is 0 Å². The van der Waals surface area contributed by atoms with E-state index in [1.807, 2.05) is 6.07 Å². The van der Waals surface area contributed by atoms with Crippen LogP contribution in [0.2, 0.25) is 0 Å². The average molecular weight is 275 g/mol. The molecule has 1 aromatic heterocycles. The molecule has 1 N–H and O–H groups in total. The molecular formula is C15H18FN3O. The van der Waals surface area contributed by atoms with Gasteiger partial charge in [-0.2, -0.15) is 0 Å². The van der Waals surface area contributed by atoms with Crippen LogP contribution in [-0.2, 0) is 11.3 Å². The van der Waals surface area contributed by atoms with Crippen LogP contribution >= 0.6 is 0 Å². The van der Waals surface area contributed by atoms with E-state index in [-0.39, 0.29) is 5.82 Å². The van der Waals surface area contributed by atoms with Crippen LogP contribution in [0.1, 0.15) is 11.1 Å². The minimum absolute atomic E-state index is 0.239. The number of rotatable bonds is 6. The molecule has 0 atom stereocenters. The molecule has 106 valence electrons. The third-order valence-electron chi connectivity index (χ3n) is 2.95. The SMILES string of the molecule is COCCNCc1cnc(-c2ccc(C)c(F)c2)nc1. The number of benzene rings is 1. The van der Waals surface area contributed by atoms with Gasteiger partial charge in [0, 0.05) is 43.7 Å². The molecule has 4 nitrogen and oxygen atoms in total. The quantitative estimate of drug-likeness (QED) is 0.822. The van der Waals surface area contributed by atoms with Gasteiger partial charge in [0.25, 0.3) is 0 Å². The molecule has 0 aliphatic rings. The summed E-state index contributed by atoms with van der Waals surface area (Å²) in [5, 5.41) is 3.21. The van der Waals surface area contributed by atoms with E-state index in [0.29, 0.717) is 30.1 Å². The molecule has 0 radical (unpaired) electrons. The van der Waals surface area contributed by atoms with Crippen molar-refractivity contribution in [3.8, 4) is 11.4 Å². The number of nitrogens with zero attached hydrogens (tertiary/aromatic N) is 2. The lowest BCUT2D eigenvalue weighted by molar-refractivity contribution is 0.199. The number of aryl methyl sites for hydroxylation is 1. The largest absolute Gasteiger partial charge is 0.383 e. The molecule has 0 saturated carbocycles. The summed E-state index contributed by atoms with van der Waals surface area (Å²) in [6.07, 6.45) is 3.50. The van der Waals surface area contributed by atoms with Gasteiger partial charge in [-0.05, 0) is 18.6 Å². The van der Waals surface area contributed by atoms with Crippen molar-refractivity contribution < 1.29 is 9.13 Å². The highest BCUT2D eigenvalue weighted by Gasteiger charge is 2.04. The highest BCUT2D eigenvalue weighted by atomic mass is 19.1. The van der Waals surface area contributed by atoms with Gasteiger partial charge in [-0.15, -0.1) is 0 Å². The number of nitrogens with one attached hydrogen (secondary N) is 1. The van der Waals surface area contributed by atoms with Gasteiger partial charge in [0.15, 0.2) is 5.82 Å². The van der Waals surface area contributed by atoms with Gasteiger partial charge in [0.05, 0.1) is 6.61 Å². The molecule has 0 spiro atoms. The van der Waals surface area contributed by atoms with E-state index in [4.69, 9.17) is 4.74 Å². The highest BCUT2D eigenvalue weighted by Crippen LogP contribution is 2.17. The predicted molar refractivity (Wildman–Crippen MR) is 75.7 cm³/mol. The van der Waals surface area contributed by atoms with Gasteiger partial charge in [-0.25, -0.2) is 14.4 Å². The van der Waals surface area contributed by atoms with Crippen molar-refractivity contribution in [3.05, 3.63) is 47.5 Å². The van der Waals surface area contributed by atoms with Crippen LogP contribution in [0.15, 0.2) is 30.6 Å². The Morgan fingerprint density at radius 2 is 2.00 bits per heavy atom. The highest BCUT2D eigenvalue weighted by molar-refractivity contribution is 5.55. The fourth-order valence-corrected chi connectivity index (χ4v) is 1.73. The first-order valence-corrected chi connectivity index (χ1v) is 6.48. The van der Waals surface area contributed by atoms with Crippen LogP contribution in [0.3, 0.4) is 0 Å². The van der Waals surface area contributed by atoms with Gasteiger partial charge < -0.3 is 10.1 Å². The van der Waals surface area contributed by atoms with E-state index in [1.54, 1.807) is 32.5 Å². The number of hydrogen-bond donors (Lipinski definition) is 1. The second-order valence-electron chi connectivity index (χ2n) is 4.55. The van der Waals surface area contributed by atoms with Gasteiger partial charge >= 0.3 is 0 Å². The molecule has 2 rings (SSSR count). The van der Waals surface area contributed by atoms with Gasteiger partial charge in [-0.1, -0.05) is 12.1 Å². The van der Waals surface area contributed by atoms with Crippen molar-refractivity contribution in [1.82, 2.24) is 15.3 Å². The standard InChI is InChI=1S/C15H18FN3O/c1-11-3-4-13(7-14(11)16)15-18-9-12(10-19-15)8-17-5-6-20-2/h3-4,7,9-10,17H,5-6,8H2,1-2H3. The zero-order valence-corrected chi connectivity index (χ0v) is 11.7. The zero-order valence-electron chi connectivity index (χ0n) is 11.7. The number of halogens is 1. The Bertz CT molecular complexity index is 558. The molecule has 1 heterocycles. The van der Waals surface area contributed by atoms with Crippen LogP contribution in [0.25, 0.3) is 11.4 Å². The summed E-state index contributed by atoms with van der Waals surface area (Å²) >= 11 is 0. The van der Waals surface area contributed by atoms with Crippen LogP contribution in [0.4, 0.5) is 4.39 Å². The van der Waals surface area contributed by atoms with Gasteiger partial charge in [0.1, 0.15) is 5.82 Å². The first kappa shape index (κ1) is 14.6. The first-order valence-electron chi connectivity index (χ1n) is 6.48. The third-order valence-corrected chi connectivity index (χ3v) is 2.95. The maximum Gasteiger partial charge on any atom is 0.159 e. The van der Waals surface area contributed by atoms with E-state index in [1.165, 1.54) is 6.07 Å². The number of aromatic nitrogens is 2. The lowest BCUT2D eigenvalue weighted by Gasteiger charge is -2.05. The molecule has 2 aromatic rings. The Morgan fingerprint density at radius 1 is 1.25 bits per heavy atom. The fraction of sp³-hybridized carbons (Fsp3) is 0.333. The summed E-state index contributed by atoms with van der Waals surface area (Å²) in [5.74, 6) is 0.293. The first-order chi connectivity index (χ1) is 9.70. The van der Waals surface area contributed by atoms with Crippen molar-refractivity contribution in [2.45, 2.75) is 13.5 Å². The van der Waals surface area contributed by atoms with Gasteiger partial charge in [0.2, 0.25) is 0 Å². The Balaban J connectivity index is 2.02. The summed E-state index contributed by atoms with van der Waals surface area (Å²) in [5.41, 5.74) is 2.29. The molecular weight excluding hydrogens is 257 g/mol. The zero-order chi connectivity index (χ0) is 14.4. The van der Waals surface area contributed by atoms with E-state index in [0.717, 1.165) is 12.1 Å². The van der Waals surface area contributed by atoms with Gasteiger partial charge in [-0.3, -0.25) is 0 Å². The van der Waals surface area contributed by atoms with E-state index < -0.39 is 0 Å². The molecule has 0 amide bonds. The third kappa shape index (κ3) is 3.82. The summed E-state index contributed by atoms with van der Waals surface area (Å²) < 4.78 is 18.5. The molecule has 0 unspecified atom stereocenters. The smallest absolute Gasteiger partial charge is 0.159 e. The van der Waals surface area contributed by atoms with Crippen molar-refractivity contribution >= 4 is 0 Å². The lowest BCUT2D eigenvalue weighted by atomic mass is 10.1. The fourth-order valence-electron chi connectivity index (χ4n) is 1.73. The molecule has 5 heteroatoms. The van der Waals surface area contributed by atoms with Crippen molar-refractivity contribution in [2.24, 2.45) is 0 Å². The molecule has 20 heavy (non-hydrogen) atoms. The van der Waals surface area contributed by atoms with Crippen LogP contribution in [0.5, 0.6) is 0 Å². The topological polar surface area (TPSA) is 47.0 Å². The predicted octanol–water partition coefficient (Wildman–Crippen LogP) is 2.33. The maximum atomic E-state index is 13.5. The molecule has 0 aliphatic heterocycles. The summed E-state index contributed by atoms with van der Waals surface area (Å²) in [7, 11) is 1.67. The minimum Gasteiger partial charge on any atom is -0.383 e. The van der Waals surface area contributed by atoms with E-state index in [2.05, 4.69) is 15.3 Å². The minimum atomic E-state index is -0.239. The second-order valence-corrected chi connectivity index (χ2v) is 4.55. The molecule has 1 aromatic carbocycles. The maximum absolute atomic E-state index is 13.5. The lowest BCUT2D eigenvalue weighted by Crippen LogP contribution is -2.18. The molecule has 0 saturated heterocycles. The van der Waals surface area contributed by atoms with Crippen molar-refractivity contribution in [3.63, 3.8) is 0 Å². The van der Waals surface area contributed by atoms with E-state index in [9.17, 15) is 4.39 Å². The normalized spacial score (nSPS) is 10.8. The summed E-state index contributed by atoms with van der Waals surface area (Å²) in [4.78, 5) is 8.54. The van der Waals surface area contributed by atoms with Crippen LogP contribution in [-0.4, -0.2) is 30.2 Å². The van der Waals surface area contributed by atoms with Crippen LogP contribution < -0.4 is 5.32 Å². The van der Waals surface area contributed by atoms with Crippen LogP contribution in [0, 0.1) is 12.7 Å². The Kier molecular flexibility index (Phi) is 5.15. The Hall–Kier alpha value is -1.85. The molecule has 0 aliphatic carbocycles. The molecule has 0 bridgehead atoms. The second kappa shape index (κ2) is 7.07. The van der Waals surface area contributed by atoms with Crippen molar-refractivity contribution in [2.75, 3.05) is 20.3 Å². The van der Waals surface area contributed by atoms with Crippen molar-refractivity contribution in [1.29, 1.82) is 0 Å². The molecule has 0 fully saturated rings. The number of hydrogen-bond acceptors (Lipinski definition) is 4. The number of methoxy groups -OCH3 is 1. The summed E-state index contributed by atoms with van der Waals surface area (Å²) in [6.45, 7) is 3.86. The number of ether oxygens (including phenoxy) is 1.